The van der Waals surface area contributed by atoms with E-state index in [2.05, 4.69) is 0 Å². The first-order chi connectivity index (χ1) is 6.76. The van der Waals surface area contributed by atoms with E-state index in [0.717, 1.165) is 5.56 Å². The standard InChI is InChI=1S/C11H14O3/c1-2-11(13)14-10-5-3-9(4-6-10)7-8-12/h3-6,12H,2,7-8H2,1H3. The zero-order chi connectivity index (χ0) is 10.4. The predicted molar refractivity (Wildman–Crippen MR) is 53.2 cm³/mol. The SMILES string of the molecule is CCC(=O)Oc1ccc(CCO)cc1. The Bertz CT molecular complexity index is 290. The van der Waals surface area contributed by atoms with Crippen LogP contribution in [0.2, 0.25) is 0 Å². The number of aliphatic hydroxyl groups is 1. The minimum atomic E-state index is -0.236. The Labute approximate surface area is 83.3 Å². The highest BCUT2D eigenvalue weighted by atomic mass is 16.5. The number of carbonyl (C=O) groups excluding carboxylic acids is 1. The second kappa shape index (κ2) is 5.40. The van der Waals surface area contributed by atoms with Crippen LogP contribution in [0.15, 0.2) is 24.3 Å². The fourth-order valence-electron chi connectivity index (χ4n) is 1.06. The summed E-state index contributed by atoms with van der Waals surface area (Å²) in [7, 11) is 0. The van der Waals surface area contributed by atoms with E-state index in [9.17, 15) is 4.79 Å². The molecule has 0 fully saturated rings. The lowest BCUT2D eigenvalue weighted by Gasteiger charge is -2.03. The number of benzene rings is 1. The summed E-state index contributed by atoms with van der Waals surface area (Å²) in [6.07, 6.45) is 1.00. The lowest BCUT2D eigenvalue weighted by atomic mass is 10.1. The third-order valence-electron chi connectivity index (χ3n) is 1.84. The van der Waals surface area contributed by atoms with Crippen molar-refractivity contribution < 1.29 is 14.6 Å². The molecule has 0 unspecified atom stereocenters. The van der Waals surface area contributed by atoms with Crippen molar-refractivity contribution in [3.05, 3.63) is 29.8 Å². The van der Waals surface area contributed by atoms with Gasteiger partial charge in [-0.3, -0.25) is 4.79 Å². The molecule has 0 radical (unpaired) electrons. The fraction of sp³-hybridized carbons (Fsp3) is 0.364. The number of ether oxygens (including phenoxy) is 1. The van der Waals surface area contributed by atoms with Crippen LogP contribution >= 0.6 is 0 Å². The van der Waals surface area contributed by atoms with Gasteiger partial charge in [0.05, 0.1) is 0 Å². The van der Waals surface area contributed by atoms with E-state index >= 15 is 0 Å². The highest BCUT2D eigenvalue weighted by Gasteiger charge is 2.00. The lowest BCUT2D eigenvalue weighted by Crippen LogP contribution is -2.05. The van der Waals surface area contributed by atoms with Crippen LogP contribution in [0, 0.1) is 0 Å². The van der Waals surface area contributed by atoms with E-state index in [0.29, 0.717) is 18.6 Å². The predicted octanol–water partition coefficient (Wildman–Crippen LogP) is 1.54. The Morgan fingerprint density at radius 3 is 2.50 bits per heavy atom. The van der Waals surface area contributed by atoms with Crippen molar-refractivity contribution in [2.45, 2.75) is 19.8 Å². The molecule has 1 aromatic carbocycles. The van der Waals surface area contributed by atoms with Crippen molar-refractivity contribution in [1.29, 1.82) is 0 Å². The third-order valence-corrected chi connectivity index (χ3v) is 1.84. The summed E-state index contributed by atoms with van der Waals surface area (Å²) in [4.78, 5) is 10.9. The van der Waals surface area contributed by atoms with Crippen LogP contribution in [-0.4, -0.2) is 17.7 Å². The van der Waals surface area contributed by atoms with Gasteiger partial charge in [0.15, 0.2) is 0 Å². The summed E-state index contributed by atoms with van der Waals surface area (Å²) in [6, 6.07) is 7.15. The van der Waals surface area contributed by atoms with Gasteiger partial charge in [0.2, 0.25) is 0 Å². The molecule has 0 amide bonds. The quantitative estimate of drug-likeness (QED) is 0.584. The Morgan fingerprint density at radius 2 is 2.00 bits per heavy atom. The van der Waals surface area contributed by atoms with E-state index < -0.39 is 0 Å². The molecule has 3 nitrogen and oxygen atoms in total. The van der Waals surface area contributed by atoms with Gasteiger partial charge in [-0.2, -0.15) is 0 Å². The van der Waals surface area contributed by atoms with Crippen LogP contribution in [0.3, 0.4) is 0 Å². The van der Waals surface area contributed by atoms with Crippen molar-refractivity contribution in [2.24, 2.45) is 0 Å². The molecule has 0 aliphatic rings. The van der Waals surface area contributed by atoms with Crippen LogP contribution in [0.4, 0.5) is 0 Å². The fourth-order valence-corrected chi connectivity index (χ4v) is 1.06. The topological polar surface area (TPSA) is 46.5 Å². The van der Waals surface area contributed by atoms with Gasteiger partial charge in [-0.15, -0.1) is 0 Å². The molecular weight excluding hydrogens is 180 g/mol. The van der Waals surface area contributed by atoms with Gasteiger partial charge in [-0.25, -0.2) is 0 Å². The molecule has 0 aliphatic carbocycles. The molecule has 0 aromatic heterocycles. The largest absolute Gasteiger partial charge is 0.427 e. The van der Waals surface area contributed by atoms with Crippen LogP contribution in [0.5, 0.6) is 5.75 Å². The van der Waals surface area contributed by atoms with Gasteiger partial charge in [0.1, 0.15) is 5.75 Å². The Morgan fingerprint density at radius 1 is 1.36 bits per heavy atom. The smallest absolute Gasteiger partial charge is 0.310 e. The molecule has 0 aliphatic heterocycles. The summed E-state index contributed by atoms with van der Waals surface area (Å²) in [5.74, 6) is 0.318. The number of aliphatic hydroxyl groups excluding tert-OH is 1. The number of esters is 1. The molecule has 0 heterocycles. The van der Waals surface area contributed by atoms with Gasteiger partial charge in [0, 0.05) is 13.0 Å². The molecular formula is C11H14O3. The molecule has 0 bridgehead atoms. The van der Waals surface area contributed by atoms with E-state index in [1.54, 1.807) is 19.1 Å². The number of rotatable bonds is 4. The maximum Gasteiger partial charge on any atom is 0.310 e. The van der Waals surface area contributed by atoms with Crippen molar-refractivity contribution >= 4 is 5.97 Å². The number of hydrogen-bond acceptors (Lipinski definition) is 3. The van der Waals surface area contributed by atoms with Crippen LogP contribution < -0.4 is 4.74 Å². The van der Waals surface area contributed by atoms with Crippen LogP contribution in [0.1, 0.15) is 18.9 Å². The number of carbonyl (C=O) groups is 1. The molecule has 1 aromatic rings. The van der Waals surface area contributed by atoms with Gasteiger partial charge < -0.3 is 9.84 Å². The maximum atomic E-state index is 10.9. The monoisotopic (exact) mass is 194 g/mol. The van der Waals surface area contributed by atoms with Crippen LogP contribution in [0.25, 0.3) is 0 Å². The normalized spacial score (nSPS) is 9.86. The molecule has 1 N–H and O–H groups in total. The minimum absolute atomic E-state index is 0.133. The Kier molecular flexibility index (Phi) is 4.13. The van der Waals surface area contributed by atoms with E-state index in [4.69, 9.17) is 9.84 Å². The van der Waals surface area contributed by atoms with Crippen molar-refractivity contribution in [3.63, 3.8) is 0 Å². The number of hydrogen-bond donors (Lipinski definition) is 1. The first-order valence-corrected chi connectivity index (χ1v) is 4.66. The van der Waals surface area contributed by atoms with E-state index in [1.807, 2.05) is 12.1 Å². The Balaban J connectivity index is 2.59. The molecule has 76 valence electrons. The van der Waals surface area contributed by atoms with Gasteiger partial charge >= 0.3 is 5.97 Å². The summed E-state index contributed by atoms with van der Waals surface area (Å²) < 4.78 is 5.00. The van der Waals surface area contributed by atoms with Gasteiger partial charge in [-0.1, -0.05) is 19.1 Å². The maximum absolute atomic E-state index is 10.9. The zero-order valence-electron chi connectivity index (χ0n) is 8.19. The second-order valence-electron chi connectivity index (χ2n) is 2.95. The van der Waals surface area contributed by atoms with Gasteiger partial charge in [0.25, 0.3) is 0 Å². The van der Waals surface area contributed by atoms with Crippen molar-refractivity contribution in [3.8, 4) is 5.75 Å². The zero-order valence-corrected chi connectivity index (χ0v) is 8.19. The molecule has 0 saturated carbocycles. The lowest BCUT2D eigenvalue weighted by molar-refractivity contribution is -0.134. The summed E-state index contributed by atoms with van der Waals surface area (Å²) in [5.41, 5.74) is 1.03. The molecule has 0 saturated heterocycles. The molecule has 0 atom stereocenters. The first kappa shape index (κ1) is 10.7. The van der Waals surface area contributed by atoms with Crippen LogP contribution in [-0.2, 0) is 11.2 Å². The molecule has 3 heteroatoms. The molecule has 0 spiro atoms. The van der Waals surface area contributed by atoms with Gasteiger partial charge in [-0.05, 0) is 24.1 Å². The van der Waals surface area contributed by atoms with Crippen molar-refractivity contribution in [2.75, 3.05) is 6.61 Å². The molecule has 14 heavy (non-hydrogen) atoms. The third kappa shape index (κ3) is 3.18. The van der Waals surface area contributed by atoms with E-state index in [1.165, 1.54) is 0 Å². The Hall–Kier alpha value is -1.35. The highest BCUT2D eigenvalue weighted by Crippen LogP contribution is 2.12. The summed E-state index contributed by atoms with van der Waals surface area (Å²) >= 11 is 0. The first-order valence-electron chi connectivity index (χ1n) is 4.66. The minimum Gasteiger partial charge on any atom is -0.427 e. The highest BCUT2D eigenvalue weighted by molar-refractivity contribution is 5.71. The van der Waals surface area contributed by atoms with Crippen molar-refractivity contribution in [1.82, 2.24) is 0 Å². The summed E-state index contributed by atoms with van der Waals surface area (Å²) in [6.45, 7) is 1.89. The average Bonchev–Trinajstić information content (AvgIpc) is 2.21. The molecule has 1 rings (SSSR count). The average molecular weight is 194 g/mol. The second-order valence-corrected chi connectivity index (χ2v) is 2.95. The van der Waals surface area contributed by atoms with E-state index in [-0.39, 0.29) is 12.6 Å². The summed E-state index contributed by atoms with van der Waals surface area (Å²) in [5, 5.41) is 8.69.